The smallest absolute Gasteiger partial charge is 0.264 e. The van der Waals surface area contributed by atoms with Crippen LogP contribution in [0.5, 0.6) is 5.75 Å². The fourth-order valence-corrected chi connectivity index (χ4v) is 1.26. The summed E-state index contributed by atoms with van der Waals surface area (Å²) in [6, 6.07) is 6.41. The second-order valence-electron chi connectivity index (χ2n) is 3.61. The average Bonchev–Trinajstić information content (AvgIpc) is 2.26. The zero-order valence-corrected chi connectivity index (χ0v) is 9.50. The van der Waals surface area contributed by atoms with Crippen LogP contribution in [0.2, 0.25) is 0 Å². The van der Waals surface area contributed by atoms with Crippen LogP contribution in [0.1, 0.15) is 5.56 Å². The molecular formula is C11H12N2O5. The summed E-state index contributed by atoms with van der Waals surface area (Å²) in [5.41, 5.74) is 5.76. The van der Waals surface area contributed by atoms with Crippen LogP contribution in [0.4, 0.5) is 0 Å². The Balaban J connectivity index is 2.46. The third kappa shape index (κ3) is 5.06. The van der Waals surface area contributed by atoms with E-state index in [0.717, 1.165) is 5.56 Å². The van der Waals surface area contributed by atoms with Gasteiger partial charge in [0.05, 0.1) is 6.42 Å². The van der Waals surface area contributed by atoms with Crippen molar-refractivity contribution in [2.24, 2.45) is 5.73 Å². The molecule has 0 unspecified atom stereocenters. The minimum atomic E-state index is -0.750. The minimum absolute atomic E-state index is 0.126. The molecule has 0 atom stereocenters. The summed E-state index contributed by atoms with van der Waals surface area (Å²) in [6.07, 6.45) is 0.126. The van der Waals surface area contributed by atoms with Gasteiger partial charge >= 0.3 is 0 Å². The Kier molecular flexibility index (Phi) is 4.79. The molecule has 0 radical (unpaired) electrons. The monoisotopic (exact) mass is 252 g/mol. The summed E-state index contributed by atoms with van der Waals surface area (Å²) in [4.78, 5) is 31.0. The average molecular weight is 252 g/mol. The highest BCUT2D eigenvalue weighted by Gasteiger charge is 2.10. The number of nitrogens with two attached hydrogens (primary N) is 1. The van der Waals surface area contributed by atoms with Gasteiger partial charge in [-0.1, -0.05) is 12.1 Å². The molecule has 0 aliphatic carbocycles. The Labute approximate surface area is 103 Å². The predicted octanol–water partition coefficient (Wildman–Crippen LogP) is -0.0610. The number of rotatable bonds is 7. The van der Waals surface area contributed by atoms with Crippen LogP contribution in [-0.4, -0.2) is 29.8 Å². The molecule has 7 heteroatoms. The lowest BCUT2D eigenvalue weighted by atomic mass is 10.1. The molecule has 0 fully saturated rings. The molecule has 1 aromatic carbocycles. The SMILES string of the molecule is NC(=O)Cc1ccc(OCC(=O)C[N+](=O)[O-])cc1. The van der Waals surface area contributed by atoms with E-state index in [1.54, 1.807) is 24.3 Å². The van der Waals surface area contributed by atoms with Crippen molar-refractivity contribution >= 4 is 11.7 Å². The Morgan fingerprint density at radius 1 is 1.28 bits per heavy atom. The zero-order chi connectivity index (χ0) is 13.5. The molecule has 0 aliphatic rings. The van der Waals surface area contributed by atoms with Gasteiger partial charge in [0.15, 0.2) is 6.61 Å². The molecule has 96 valence electrons. The first-order valence-electron chi connectivity index (χ1n) is 5.11. The van der Waals surface area contributed by atoms with Crippen molar-refractivity contribution in [1.29, 1.82) is 0 Å². The molecule has 1 aromatic rings. The van der Waals surface area contributed by atoms with Crippen molar-refractivity contribution in [3.63, 3.8) is 0 Å². The van der Waals surface area contributed by atoms with E-state index in [1.165, 1.54) is 0 Å². The lowest BCUT2D eigenvalue weighted by Gasteiger charge is -2.04. The molecule has 2 N–H and O–H groups in total. The molecule has 0 aromatic heterocycles. The number of amides is 1. The number of hydrogen-bond donors (Lipinski definition) is 1. The molecule has 7 nitrogen and oxygen atoms in total. The van der Waals surface area contributed by atoms with E-state index in [9.17, 15) is 19.7 Å². The Morgan fingerprint density at radius 3 is 2.39 bits per heavy atom. The van der Waals surface area contributed by atoms with E-state index in [2.05, 4.69) is 0 Å². The summed E-state index contributed by atoms with van der Waals surface area (Å²) in [6.45, 7) is -1.10. The molecule has 18 heavy (non-hydrogen) atoms. The molecule has 0 heterocycles. The fraction of sp³-hybridized carbons (Fsp3) is 0.273. The molecule has 1 rings (SSSR count). The van der Waals surface area contributed by atoms with Crippen molar-refractivity contribution in [3.05, 3.63) is 39.9 Å². The topological polar surface area (TPSA) is 113 Å². The molecule has 0 aliphatic heterocycles. The van der Waals surface area contributed by atoms with Crippen LogP contribution >= 0.6 is 0 Å². The summed E-state index contributed by atoms with van der Waals surface area (Å²) in [5.74, 6) is -0.647. The number of ether oxygens (including phenoxy) is 1. The van der Waals surface area contributed by atoms with E-state index < -0.39 is 23.2 Å². The number of nitrogens with zero attached hydrogens (tertiary/aromatic N) is 1. The maximum absolute atomic E-state index is 11.0. The lowest BCUT2D eigenvalue weighted by molar-refractivity contribution is -0.467. The largest absolute Gasteiger partial charge is 0.486 e. The standard InChI is InChI=1S/C11H12N2O5/c12-11(15)5-8-1-3-10(4-2-8)18-7-9(14)6-13(16)17/h1-4H,5-7H2,(H2,12,15). The summed E-state index contributed by atoms with van der Waals surface area (Å²) >= 11 is 0. The van der Waals surface area contributed by atoms with Gasteiger partial charge in [0.25, 0.3) is 6.54 Å². The highest BCUT2D eigenvalue weighted by molar-refractivity contribution is 5.81. The van der Waals surface area contributed by atoms with Gasteiger partial charge in [-0.3, -0.25) is 19.7 Å². The first-order valence-corrected chi connectivity index (χ1v) is 5.11. The number of nitro groups is 1. The van der Waals surface area contributed by atoms with Gasteiger partial charge in [-0.2, -0.15) is 0 Å². The van der Waals surface area contributed by atoms with Crippen molar-refractivity contribution in [1.82, 2.24) is 0 Å². The third-order valence-electron chi connectivity index (χ3n) is 2.01. The number of ketones is 1. The van der Waals surface area contributed by atoms with E-state index in [0.29, 0.717) is 5.75 Å². The molecule has 0 spiro atoms. The van der Waals surface area contributed by atoms with Gasteiger partial charge in [0, 0.05) is 4.92 Å². The molecular weight excluding hydrogens is 240 g/mol. The maximum Gasteiger partial charge on any atom is 0.264 e. The molecule has 0 bridgehead atoms. The molecule has 1 amide bonds. The summed E-state index contributed by atoms with van der Waals surface area (Å²) in [5, 5.41) is 10.1. The van der Waals surface area contributed by atoms with E-state index in [1.807, 2.05) is 0 Å². The molecule has 0 saturated heterocycles. The van der Waals surface area contributed by atoms with Crippen LogP contribution < -0.4 is 10.5 Å². The second-order valence-corrected chi connectivity index (χ2v) is 3.61. The van der Waals surface area contributed by atoms with E-state index >= 15 is 0 Å². The Hall–Kier alpha value is -2.44. The number of carbonyl (C=O) groups excluding carboxylic acids is 2. The van der Waals surface area contributed by atoms with Crippen LogP contribution in [0.3, 0.4) is 0 Å². The van der Waals surface area contributed by atoms with Crippen molar-refractivity contribution in [3.8, 4) is 5.75 Å². The van der Waals surface area contributed by atoms with Crippen molar-refractivity contribution in [2.45, 2.75) is 6.42 Å². The quantitative estimate of drug-likeness (QED) is 0.539. The number of primary amides is 1. The van der Waals surface area contributed by atoms with Crippen molar-refractivity contribution in [2.75, 3.05) is 13.2 Å². The minimum Gasteiger partial charge on any atom is -0.486 e. The highest BCUT2D eigenvalue weighted by atomic mass is 16.6. The maximum atomic E-state index is 11.0. The second kappa shape index (κ2) is 6.33. The number of hydrogen-bond acceptors (Lipinski definition) is 5. The van der Waals surface area contributed by atoms with E-state index in [-0.39, 0.29) is 13.0 Å². The normalized spacial score (nSPS) is 9.78. The van der Waals surface area contributed by atoms with Crippen LogP contribution in [0.15, 0.2) is 24.3 Å². The summed E-state index contributed by atoms with van der Waals surface area (Å²) in [7, 11) is 0. The first kappa shape index (κ1) is 13.6. The summed E-state index contributed by atoms with van der Waals surface area (Å²) < 4.78 is 5.06. The van der Waals surface area contributed by atoms with Gasteiger partial charge < -0.3 is 10.5 Å². The van der Waals surface area contributed by atoms with Gasteiger partial charge in [-0.05, 0) is 17.7 Å². The van der Waals surface area contributed by atoms with Gasteiger partial charge in [-0.25, -0.2) is 0 Å². The molecule has 0 saturated carbocycles. The third-order valence-corrected chi connectivity index (χ3v) is 2.01. The van der Waals surface area contributed by atoms with Crippen LogP contribution in [0.25, 0.3) is 0 Å². The van der Waals surface area contributed by atoms with Crippen LogP contribution in [-0.2, 0) is 16.0 Å². The lowest BCUT2D eigenvalue weighted by Crippen LogP contribution is -2.20. The van der Waals surface area contributed by atoms with Gasteiger partial charge in [-0.15, -0.1) is 0 Å². The highest BCUT2D eigenvalue weighted by Crippen LogP contribution is 2.12. The number of benzene rings is 1. The first-order chi connectivity index (χ1) is 8.47. The van der Waals surface area contributed by atoms with Crippen molar-refractivity contribution < 1.29 is 19.2 Å². The fourth-order valence-electron chi connectivity index (χ4n) is 1.26. The Bertz CT molecular complexity index is 455. The van der Waals surface area contributed by atoms with Gasteiger partial charge in [0.2, 0.25) is 11.7 Å². The van der Waals surface area contributed by atoms with Gasteiger partial charge in [0.1, 0.15) is 5.75 Å². The Morgan fingerprint density at radius 2 is 1.89 bits per heavy atom. The number of carbonyl (C=O) groups is 2. The number of Topliss-reactive ketones (excluding diaryl/α,β-unsaturated/α-hetero) is 1. The van der Waals surface area contributed by atoms with Crippen LogP contribution in [0, 0.1) is 10.1 Å². The van der Waals surface area contributed by atoms with E-state index in [4.69, 9.17) is 10.5 Å². The zero-order valence-electron chi connectivity index (χ0n) is 9.50. The predicted molar refractivity (Wildman–Crippen MR) is 61.7 cm³/mol.